The van der Waals surface area contributed by atoms with Crippen molar-refractivity contribution in [3.8, 4) is 0 Å². The summed E-state index contributed by atoms with van der Waals surface area (Å²) in [5.74, 6) is 0. The first-order valence-electron chi connectivity index (χ1n) is 5.26. The Morgan fingerprint density at radius 3 is 2.64 bits per heavy atom. The molecule has 14 heavy (non-hydrogen) atoms. The van der Waals surface area contributed by atoms with Gasteiger partial charge in [0.05, 0.1) is 30.1 Å². The van der Waals surface area contributed by atoms with E-state index in [1.54, 1.807) is 6.20 Å². The van der Waals surface area contributed by atoms with Crippen molar-refractivity contribution >= 4 is 5.69 Å². The molecule has 4 nitrogen and oxygen atoms in total. The molecule has 4 heteroatoms. The third-order valence-corrected chi connectivity index (χ3v) is 3.26. The number of nitrogens with two attached hydrogens (primary N) is 1. The first kappa shape index (κ1) is 8.29. The van der Waals surface area contributed by atoms with E-state index in [2.05, 4.69) is 5.10 Å². The van der Waals surface area contributed by atoms with Crippen LogP contribution in [0.25, 0.3) is 0 Å². The van der Waals surface area contributed by atoms with Crippen LogP contribution in [-0.2, 0) is 4.74 Å². The van der Waals surface area contributed by atoms with Crippen LogP contribution < -0.4 is 5.73 Å². The molecule has 1 aromatic rings. The van der Waals surface area contributed by atoms with Gasteiger partial charge in [-0.1, -0.05) is 0 Å². The van der Waals surface area contributed by atoms with Gasteiger partial charge in [0.25, 0.3) is 0 Å². The Kier molecular flexibility index (Phi) is 1.77. The van der Waals surface area contributed by atoms with Gasteiger partial charge in [0, 0.05) is 6.20 Å². The smallest absolute Gasteiger partial charge is 0.0719 e. The number of nitrogens with zero attached hydrogens (tertiary/aromatic N) is 2. The molecule has 0 aromatic carbocycles. The highest BCUT2D eigenvalue weighted by molar-refractivity contribution is 5.30. The second kappa shape index (κ2) is 2.98. The van der Waals surface area contributed by atoms with E-state index in [4.69, 9.17) is 10.5 Å². The summed E-state index contributed by atoms with van der Waals surface area (Å²) in [4.78, 5) is 0. The number of ether oxygens (including phenoxy) is 1. The summed E-state index contributed by atoms with van der Waals surface area (Å²) in [7, 11) is 0. The van der Waals surface area contributed by atoms with Crippen LogP contribution >= 0.6 is 0 Å². The molecule has 2 atom stereocenters. The van der Waals surface area contributed by atoms with Crippen molar-refractivity contribution in [2.75, 3.05) is 5.73 Å². The fourth-order valence-electron chi connectivity index (χ4n) is 2.60. The van der Waals surface area contributed by atoms with Crippen LogP contribution in [0.15, 0.2) is 12.4 Å². The second-order valence-electron chi connectivity index (χ2n) is 4.34. The number of rotatable bonds is 1. The number of hydrogen-bond donors (Lipinski definition) is 1. The van der Waals surface area contributed by atoms with E-state index in [9.17, 15) is 0 Å². The lowest BCUT2D eigenvalue weighted by Crippen LogP contribution is -2.27. The Labute approximate surface area is 83.0 Å². The van der Waals surface area contributed by atoms with Crippen molar-refractivity contribution in [2.45, 2.75) is 43.9 Å². The molecule has 76 valence electrons. The van der Waals surface area contributed by atoms with Gasteiger partial charge < -0.3 is 10.5 Å². The van der Waals surface area contributed by atoms with Crippen molar-refractivity contribution in [2.24, 2.45) is 0 Å². The van der Waals surface area contributed by atoms with Crippen LogP contribution in [0.1, 0.15) is 31.7 Å². The van der Waals surface area contributed by atoms with Crippen LogP contribution in [-0.4, -0.2) is 22.0 Å². The zero-order valence-corrected chi connectivity index (χ0v) is 8.10. The highest BCUT2D eigenvalue weighted by Gasteiger charge is 2.35. The summed E-state index contributed by atoms with van der Waals surface area (Å²) in [6.07, 6.45) is 9.20. The lowest BCUT2D eigenvalue weighted by atomic mass is 10.0. The molecule has 0 aliphatic carbocycles. The van der Waals surface area contributed by atoms with Crippen molar-refractivity contribution in [3.63, 3.8) is 0 Å². The lowest BCUT2D eigenvalue weighted by Gasteiger charge is -2.28. The van der Waals surface area contributed by atoms with E-state index in [1.807, 2.05) is 10.9 Å². The normalized spacial score (nSPS) is 36.1. The quantitative estimate of drug-likeness (QED) is 0.732. The maximum atomic E-state index is 5.78. The van der Waals surface area contributed by atoms with Gasteiger partial charge in [-0.3, -0.25) is 4.68 Å². The summed E-state index contributed by atoms with van der Waals surface area (Å²) in [5, 5.41) is 4.27. The van der Waals surface area contributed by atoms with Crippen LogP contribution in [0.5, 0.6) is 0 Å². The molecule has 0 spiro atoms. The average molecular weight is 193 g/mol. The molecule has 2 fully saturated rings. The topological polar surface area (TPSA) is 53.1 Å². The zero-order chi connectivity index (χ0) is 9.54. The molecule has 1 aromatic heterocycles. The largest absolute Gasteiger partial charge is 0.396 e. The standard InChI is InChI=1S/C10H15N3O/c11-7-5-12-13(6-7)8-3-9-1-2-10(4-8)14-9/h5-6,8-10H,1-4,11H2/t9-,10-/m1/s1. The fourth-order valence-corrected chi connectivity index (χ4v) is 2.60. The van der Waals surface area contributed by atoms with Crippen LogP contribution in [0.2, 0.25) is 0 Å². The van der Waals surface area contributed by atoms with Gasteiger partial charge in [0.1, 0.15) is 0 Å². The summed E-state index contributed by atoms with van der Waals surface area (Å²) >= 11 is 0. The van der Waals surface area contributed by atoms with Crippen LogP contribution in [0.4, 0.5) is 5.69 Å². The number of aromatic nitrogens is 2. The van der Waals surface area contributed by atoms with Gasteiger partial charge in [-0.2, -0.15) is 5.10 Å². The molecule has 0 amide bonds. The summed E-state index contributed by atoms with van der Waals surface area (Å²) in [6.45, 7) is 0. The van der Waals surface area contributed by atoms with Gasteiger partial charge in [-0.05, 0) is 25.7 Å². The predicted molar refractivity (Wildman–Crippen MR) is 52.8 cm³/mol. The number of nitrogen functional groups attached to an aromatic ring is 1. The molecule has 0 saturated carbocycles. The summed E-state index contributed by atoms with van der Waals surface area (Å²) < 4.78 is 7.79. The number of anilines is 1. The zero-order valence-electron chi connectivity index (χ0n) is 8.10. The maximum Gasteiger partial charge on any atom is 0.0719 e. The van der Waals surface area contributed by atoms with Crippen molar-refractivity contribution in [1.29, 1.82) is 0 Å². The van der Waals surface area contributed by atoms with E-state index >= 15 is 0 Å². The van der Waals surface area contributed by atoms with E-state index in [1.165, 1.54) is 12.8 Å². The predicted octanol–water partition coefficient (Wildman–Crippen LogP) is 1.35. The first-order valence-corrected chi connectivity index (χ1v) is 5.26. The molecule has 2 aliphatic heterocycles. The molecule has 2 N–H and O–H groups in total. The third-order valence-electron chi connectivity index (χ3n) is 3.26. The monoisotopic (exact) mass is 193 g/mol. The molecule has 3 heterocycles. The molecule has 2 aliphatic rings. The highest BCUT2D eigenvalue weighted by Crippen LogP contribution is 2.38. The summed E-state index contributed by atoms with van der Waals surface area (Å²) in [5.41, 5.74) is 6.41. The van der Waals surface area contributed by atoms with Crippen molar-refractivity contribution < 1.29 is 4.74 Å². The van der Waals surface area contributed by atoms with Gasteiger partial charge in [-0.15, -0.1) is 0 Å². The Morgan fingerprint density at radius 1 is 1.36 bits per heavy atom. The fraction of sp³-hybridized carbons (Fsp3) is 0.700. The van der Waals surface area contributed by atoms with Crippen molar-refractivity contribution in [3.05, 3.63) is 12.4 Å². The molecule has 3 rings (SSSR count). The molecule has 0 unspecified atom stereocenters. The summed E-state index contributed by atoms with van der Waals surface area (Å²) in [6, 6.07) is 0.499. The molecule has 2 bridgehead atoms. The molecule has 2 saturated heterocycles. The molecular formula is C10H15N3O. The lowest BCUT2D eigenvalue weighted by molar-refractivity contribution is -0.0180. The van der Waals surface area contributed by atoms with E-state index in [0.29, 0.717) is 18.2 Å². The van der Waals surface area contributed by atoms with E-state index < -0.39 is 0 Å². The van der Waals surface area contributed by atoms with E-state index in [-0.39, 0.29) is 0 Å². The van der Waals surface area contributed by atoms with Crippen molar-refractivity contribution in [1.82, 2.24) is 9.78 Å². The second-order valence-corrected chi connectivity index (χ2v) is 4.34. The Morgan fingerprint density at radius 2 is 2.07 bits per heavy atom. The third kappa shape index (κ3) is 1.30. The maximum absolute atomic E-state index is 5.78. The molecular weight excluding hydrogens is 178 g/mol. The Hall–Kier alpha value is -1.03. The van der Waals surface area contributed by atoms with E-state index in [0.717, 1.165) is 18.5 Å². The Balaban J connectivity index is 1.80. The number of hydrogen-bond acceptors (Lipinski definition) is 3. The van der Waals surface area contributed by atoms with Gasteiger partial charge in [0.2, 0.25) is 0 Å². The molecule has 0 radical (unpaired) electrons. The van der Waals surface area contributed by atoms with Gasteiger partial charge in [0.15, 0.2) is 0 Å². The minimum Gasteiger partial charge on any atom is -0.396 e. The highest BCUT2D eigenvalue weighted by atomic mass is 16.5. The number of fused-ring (bicyclic) bond motifs is 2. The minimum atomic E-state index is 0.462. The Bertz CT molecular complexity index is 324. The van der Waals surface area contributed by atoms with Gasteiger partial charge in [-0.25, -0.2) is 0 Å². The van der Waals surface area contributed by atoms with Crippen LogP contribution in [0.3, 0.4) is 0 Å². The average Bonchev–Trinajstić information content (AvgIpc) is 2.73. The SMILES string of the molecule is Nc1cnn(C2C[C@H]3CC[C@H](C2)O3)c1. The van der Waals surface area contributed by atoms with Crippen LogP contribution in [0, 0.1) is 0 Å². The minimum absolute atomic E-state index is 0.462. The first-order chi connectivity index (χ1) is 6.81. The van der Waals surface area contributed by atoms with Gasteiger partial charge >= 0.3 is 0 Å².